The van der Waals surface area contributed by atoms with Gasteiger partial charge in [0.15, 0.2) is 0 Å². The minimum atomic E-state index is 0. The van der Waals surface area contributed by atoms with Crippen LogP contribution in [0.1, 0.15) is 10.4 Å². The van der Waals surface area contributed by atoms with Gasteiger partial charge in [-0.3, -0.25) is 9.69 Å². The summed E-state index contributed by atoms with van der Waals surface area (Å²) in [5.74, 6) is 0.809. The fraction of sp³-hybridized carbons (Fsp3) is 0.462. The van der Waals surface area contributed by atoms with Gasteiger partial charge in [0, 0.05) is 25.2 Å². The summed E-state index contributed by atoms with van der Waals surface area (Å²) >= 11 is 0. The number of benzene rings is 1. The topological polar surface area (TPSA) is 38.8 Å². The first-order valence-corrected chi connectivity index (χ1v) is 5.86. The second kappa shape index (κ2) is 8.08. The largest absolute Gasteiger partial charge is 0.492 e. The maximum Gasteiger partial charge on any atom is 0.150 e. The van der Waals surface area contributed by atoms with Crippen LogP contribution in [0.15, 0.2) is 24.3 Å². The fourth-order valence-corrected chi connectivity index (χ4v) is 1.76. The molecule has 1 aliphatic heterocycles. The molecule has 0 aromatic heterocycles. The maximum absolute atomic E-state index is 10.5. The molecule has 1 aromatic carbocycles. The number of carbonyl (C=O) groups is 1. The van der Waals surface area contributed by atoms with E-state index >= 15 is 0 Å². The summed E-state index contributed by atoms with van der Waals surface area (Å²) in [6, 6.07) is 7.17. The molecule has 1 aromatic rings. The van der Waals surface area contributed by atoms with Crippen molar-refractivity contribution in [3.63, 3.8) is 0 Å². The van der Waals surface area contributed by atoms with Gasteiger partial charge in [0.25, 0.3) is 0 Å². The van der Waals surface area contributed by atoms with E-state index < -0.39 is 0 Å². The smallest absolute Gasteiger partial charge is 0.150 e. The Kier molecular flexibility index (Phi) is 6.72. The molecule has 1 heterocycles. The monoisotopic (exact) mass is 271 g/mol. The summed E-state index contributed by atoms with van der Waals surface area (Å²) in [7, 11) is 0. The van der Waals surface area contributed by atoms with Gasteiger partial charge >= 0.3 is 0 Å². The van der Waals surface area contributed by atoms with E-state index in [1.54, 1.807) is 12.1 Å². The van der Waals surface area contributed by atoms with Crippen molar-refractivity contribution >= 4 is 18.7 Å². The van der Waals surface area contributed by atoms with Crippen LogP contribution in [0.3, 0.4) is 0 Å². The second-order valence-corrected chi connectivity index (χ2v) is 3.99. The van der Waals surface area contributed by atoms with Gasteiger partial charge in [-0.1, -0.05) is 0 Å². The summed E-state index contributed by atoms with van der Waals surface area (Å²) in [6.45, 7) is 5.17. The fourth-order valence-electron chi connectivity index (χ4n) is 1.76. The van der Waals surface area contributed by atoms with Crippen LogP contribution in [0, 0.1) is 0 Å². The zero-order valence-corrected chi connectivity index (χ0v) is 11.0. The molecule has 5 heteroatoms. The molecule has 0 saturated carbocycles. The molecular weight excluding hydrogens is 254 g/mol. The Hall–Kier alpha value is -1.10. The van der Waals surface area contributed by atoms with Crippen LogP contribution in [0.2, 0.25) is 0 Å². The van der Waals surface area contributed by atoms with Gasteiger partial charge in [-0.05, 0) is 24.3 Å². The predicted octanol–water partition coefficient (Wildman–Crippen LogP) is 1.63. The van der Waals surface area contributed by atoms with E-state index in [0.717, 1.165) is 44.9 Å². The van der Waals surface area contributed by atoms with Crippen molar-refractivity contribution in [1.82, 2.24) is 4.90 Å². The van der Waals surface area contributed by atoms with E-state index in [0.29, 0.717) is 12.2 Å². The lowest BCUT2D eigenvalue weighted by atomic mass is 10.2. The zero-order chi connectivity index (χ0) is 11.9. The molecule has 1 saturated heterocycles. The van der Waals surface area contributed by atoms with Gasteiger partial charge in [0.05, 0.1) is 13.2 Å². The molecule has 0 atom stereocenters. The lowest BCUT2D eigenvalue weighted by Crippen LogP contribution is -2.38. The average molecular weight is 272 g/mol. The summed E-state index contributed by atoms with van der Waals surface area (Å²) < 4.78 is 10.9. The molecule has 1 aliphatic rings. The van der Waals surface area contributed by atoms with E-state index in [9.17, 15) is 4.79 Å². The lowest BCUT2D eigenvalue weighted by molar-refractivity contribution is 0.0322. The third-order valence-electron chi connectivity index (χ3n) is 2.80. The van der Waals surface area contributed by atoms with Crippen molar-refractivity contribution in [3.8, 4) is 5.75 Å². The molecule has 0 amide bonds. The molecule has 2 rings (SSSR count). The standard InChI is InChI=1S/C13H17NO3.ClH/c15-11-12-1-3-13(4-2-12)17-10-7-14-5-8-16-9-6-14;/h1-4,11H,5-10H2;1H. The number of hydrogen-bond acceptors (Lipinski definition) is 4. The van der Waals surface area contributed by atoms with Crippen molar-refractivity contribution in [2.45, 2.75) is 0 Å². The Bertz CT molecular complexity index is 350. The molecule has 4 nitrogen and oxygen atoms in total. The number of halogens is 1. The van der Waals surface area contributed by atoms with E-state index in [2.05, 4.69) is 4.90 Å². The predicted molar refractivity (Wildman–Crippen MR) is 71.8 cm³/mol. The quantitative estimate of drug-likeness (QED) is 0.763. The second-order valence-electron chi connectivity index (χ2n) is 3.99. The lowest BCUT2D eigenvalue weighted by Gasteiger charge is -2.26. The molecule has 0 bridgehead atoms. The highest BCUT2D eigenvalue weighted by Gasteiger charge is 2.09. The van der Waals surface area contributed by atoms with Crippen LogP contribution < -0.4 is 4.74 Å². The number of ether oxygens (including phenoxy) is 2. The van der Waals surface area contributed by atoms with Gasteiger partial charge in [-0.2, -0.15) is 0 Å². The summed E-state index contributed by atoms with van der Waals surface area (Å²) in [5.41, 5.74) is 0.672. The first kappa shape index (κ1) is 15.0. The highest BCUT2D eigenvalue weighted by Crippen LogP contribution is 2.11. The third kappa shape index (κ3) is 4.64. The number of aldehydes is 1. The number of rotatable bonds is 5. The van der Waals surface area contributed by atoms with Crippen LogP contribution in [0.4, 0.5) is 0 Å². The SMILES string of the molecule is Cl.O=Cc1ccc(OCCN2CCOCC2)cc1. The summed E-state index contributed by atoms with van der Waals surface area (Å²) in [4.78, 5) is 12.8. The average Bonchev–Trinajstić information content (AvgIpc) is 2.41. The van der Waals surface area contributed by atoms with Crippen LogP contribution in [-0.4, -0.2) is 50.6 Å². The van der Waals surface area contributed by atoms with Crippen molar-refractivity contribution in [3.05, 3.63) is 29.8 Å². The Morgan fingerprint density at radius 2 is 1.89 bits per heavy atom. The van der Waals surface area contributed by atoms with E-state index in [-0.39, 0.29) is 12.4 Å². The van der Waals surface area contributed by atoms with Crippen LogP contribution in [0.5, 0.6) is 5.75 Å². The van der Waals surface area contributed by atoms with Crippen LogP contribution in [0.25, 0.3) is 0 Å². The highest BCUT2D eigenvalue weighted by molar-refractivity contribution is 5.85. The molecule has 1 fully saturated rings. The molecule has 100 valence electrons. The van der Waals surface area contributed by atoms with Crippen molar-refractivity contribution in [2.75, 3.05) is 39.5 Å². The highest BCUT2D eigenvalue weighted by atomic mass is 35.5. The normalized spacial score (nSPS) is 15.8. The molecule has 0 N–H and O–H groups in total. The van der Waals surface area contributed by atoms with Crippen LogP contribution in [-0.2, 0) is 4.74 Å². The first-order valence-electron chi connectivity index (χ1n) is 5.86. The third-order valence-corrected chi connectivity index (χ3v) is 2.80. The number of morpholine rings is 1. The Balaban J connectivity index is 0.00000162. The Morgan fingerprint density at radius 1 is 1.22 bits per heavy atom. The summed E-state index contributed by atoms with van der Waals surface area (Å²) in [5, 5.41) is 0. The van der Waals surface area contributed by atoms with Crippen molar-refractivity contribution < 1.29 is 14.3 Å². The van der Waals surface area contributed by atoms with E-state index in [1.807, 2.05) is 12.1 Å². The van der Waals surface area contributed by atoms with E-state index in [4.69, 9.17) is 9.47 Å². The number of carbonyl (C=O) groups excluding carboxylic acids is 1. The van der Waals surface area contributed by atoms with Gasteiger partial charge in [0.2, 0.25) is 0 Å². The van der Waals surface area contributed by atoms with Crippen molar-refractivity contribution in [1.29, 1.82) is 0 Å². The molecule has 0 spiro atoms. The van der Waals surface area contributed by atoms with Crippen LogP contribution >= 0.6 is 12.4 Å². The summed E-state index contributed by atoms with van der Waals surface area (Å²) in [6.07, 6.45) is 0.831. The zero-order valence-electron chi connectivity index (χ0n) is 10.2. The molecule has 18 heavy (non-hydrogen) atoms. The maximum atomic E-state index is 10.5. The van der Waals surface area contributed by atoms with Gasteiger partial charge < -0.3 is 9.47 Å². The number of hydrogen-bond donors (Lipinski definition) is 0. The minimum Gasteiger partial charge on any atom is -0.492 e. The molecular formula is C13H18ClNO3. The van der Waals surface area contributed by atoms with E-state index in [1.165, 1.54) is 0 Å². The Morgan fingerprint density at radius 3 is 2.50 bits per heavy atom. The van der Waals surface area contributed by atoms with Gasteiger partial charge in [-0.15, -0.1) is 12.4 Å². The number of nitrogens with zero attached hydrogens (tertiary/aromatic N) is 1. The molecule has 0 aliphatic carbocycles. The van der Waals surface area contributed by atoms with Gasteiger partial charge in [0.1, 0.15) is 18.6 Å². The minimum absolute atomic E-state index is 0. The molecule has 0 radical (unpaired) electrons. The molecule has 0 unspecified atom stereocenters. The van der Waals surface area contributed by atoms with Gasteiger partial charge in [-0.25, -0.2) is 0 Å². The first-order chi connectivity index (χ1) is 8.38. The van der Waals surface area contributed by atoms with Crippen molar-refractivity contribution in [2.24, 2.45) is 0 Å². The Labute approximate surface area is 113 Å².